The highest BCUT2D eigenvalue weighted by molar-refractivity contribution is 5.98. The van der Waals surface area contributed by atoms with Gasteiger partial charge in [0.15, 0.2) is 0 Å². The van der Waals surface area contributed by atoms with Gasteiger partial charge in [-0.05, 0) is 31.0 Å². The summed E-state index contributed by atoms with van der Waals surface area (Å²) in [5.74, 6) is -0.142. The van der Waals surface area contributed by atoms with Crippen molar-refractivity contribution >= 4 is 11.8 Å². The Hall–Kier alpha value is -2.82. The summed E-state index contributed by atoms with van der Waals surface area (Å²) in [6.07, 6.45) is 0.812. The number of carbonyl (C=O) groups excluding carboxylic acids is 2. The molecule has 0 unspecified atom stereocenters. The van der Waals surface area contributed by atoms with Crippen LogP contribution in [-0.4, -0.2) is 52.9 Å². The average molecular weight is 338 g/mol. The second-order valence-corrected chi connectivity index (χ2v) is 6.29. The van der Waals surface area contributed by atoms with E-state index in [0.29, 0.717) is 30.8 Å². The van der Waals surface area contributed by atoms with Crippen LogP contribution in [0.2, 0.25) is 0 Å². The predicted molar refractivity (Wildman–Crippen MR) is 95.5 cm³/mol. The molecule has 1 aliphatic heterocycles. The van der Waals surface area contributed by atoms with E-state index in [4.69, 9.17) is 0 Å². The van der Waals surface area contributed by atoms with Crippen LogP contribution in [0.15, 0.2) is 48.5 Å². The van der Waals surface area contributed by atoms with Crippen LogP contribution in [0.3, 0.4) is 0 Å². The SMILES string of the molecule is Cc1c(O)cccc1C(=O)N1CCN(CCc2ccccc2)C(=O)C1. The lowest BCUT2D eigenvalue weighted by Gasteiger charge is -2.34. The molecule has 25 heavy (non-hydrogen) atoms. The number of benzene rings is 2. The van der Waals surface area contributed by atoms with Gasteiger partial charge in [-0.2, -0.15) is 0 Å². The highest BCUT2D eigenvalue weighted by atomic mass is 16.3. The van der Waals surface area contributed by atoms with Gasteiger partial charge in [0.25, 0.3) is 5.91 Å². The van der Waals surface area contributed by atoms with Gasteiger partial charge in [0.2, 0.25) is 5.91 Å². The summed E-state index contributed by atoms with van der Waals surface area (Å²) in [5.41, 5.74) is 2.20. The Morgan fingerprint density at radius 1 is 1.08 bits per heavy atom. The zero-order valence-corrected chi connectivity index (χ0v) is 14.3. The first-order chi connectivity index (χ1) is 12.1. The topological polar surface area (TPSA) is 60.9 Å². The maximum atomic E-state index is 12.6. The van der Waals surface area contributed by atoms with Gasteiger partial charge in [-0.3, -0.25) is 9.59 Å². The van der Waals surface area contributed by atoms with E-state index in [1.807, 2.05) is 23.1 Å². The zero-order valence-electron chi connectivity index (χ0n) is 14.3. The van der Waals surface area contributed by atoms with Crippen molar-refractivity contribution in [3.05, 3.63) is 65.2 Å². The molecule has 1 saturated heterocycles. The van der Waals surface area contributed by atoms with Crippen LogP contribution in [0, 0.1) is 6.92 Å². The third-order valence-corrected chi connectivity index (χ3v) is 4.65. The Balaban J connectivity index is 1.60. The summed E-state index contributed by atoms with van der Waals surface area (Å²) in [7, 11) is 0. The van der Waals surface area contributed by atoms with Crippen LogP contribution < -0.4 is 0 Å². The summed E-state index contributed by atoms with van der Waals surface area (Å²) in [4.78, 5) is 28.4. The molecule has 5 heteroatoms. The predicted octanol–water partition coefficient (Wildman–Crippen LogP) is 2.23. The highest BCUT2D eigenvalue weighted by Gasteiger charge is 2.28. The van der Waals surface area contributed by atoms with E-state index in [1.165, 1.54) is 5.56 Å². The van der Waals surface area contributed by atoms with Crippen LogP contribution >= 0.6 is 0 Å². The Labute approximate surface area is 147 Å². The molecule has 0 aliphatic carbocycles. The number of hydrogen-bond acceptors (Lipinski definition) is 3. The molecule has 130 valence electrons. The molecule has 1 fully saturated rings. The molecule has 0 aromatic heterocycles. The smallest absolute Gasteiger partial charge is 0.254 e. The molecular formula is C20H22N2O3. The molecule has 1 N–H and O–H groups in total. The van der Waals surface area contributed by atoms with E-state index in [1.54, 1.807) is 30.0 Å². The van der Waals surface area contributed by atoms with Gasteiger partial charge < -0.3 is 14.9 Å². The summed E-state index contributed by atoms with van der Waals surface area (Å²) in [6, 6.07) is 14.9. The monoisotopic (exact) mass is 338 g/mol. The largest absolute Gasteiger partial charge is 0.508 e. The van der Waals surface area contributed by atoms with E-state index in [9.17, 15) is 14.7 Å². The molecule has 0 saturated carbocycles. The van der Waals surface area contributed by atoms with Crippen LogP contribution in [0.4, 0.5) is 0 Å². The molecule has 2 aromatic rings. The van der Waals surface area contributed by atoms with E-state index >= 15 is 0 Å². The molecular weight excluding hydrogens is 316 g/mol. The van der Waals surface area contributed by atoms with Crippen molar-refractivity contribution in [2.24, 2.45) is 0 Å². The zero-order chi connectivity index (χ0) is 17.8. The molecule has 2 amide bonds. The lowest BCUT2D eigenvalue weighted by molar-refractivity contribution is -0.134. The number of rotatable bonds is 4. The molecule has 0 radical (unpaired) electrons. The van der Waals surface area contributed by atoms with E-state index < -0.39 is 0 Å². The fourth-order valence-corrected chi connectivity index (χ4v) is 3.05. The summed E-state index contributed by atoms with van der Waals surface area (Å²) in [5, 5.41) is 9.77. The molecule has 0 atom stereocenters. The lowest BCUT2D eigenvalue weighted by atomic mass is 10.1. The standard InChI is InChI=1S/C20H22N2O3/c1-15-17(8-5-9-18(15)23)20(25)22-13-12-21(19(24)14-22)11-10-16-6-3-2-4-7-16/h2-9,23H,10-14H2,1H3. The van der Waals surface area contributed by atoms with Gasteiger partial charge in [-0.1, -0.05) is 36.4 Å². The van der Waals surface area contributed by atoms with Gasteiger partial charge in [0, 0.05) is 30.8 Å². The van der Waals surface area contributed by atoms with Crippen molar-refractivity contribution in [3.63, 3.8) is 0 Å². The second-order valence-electron chi connectivity index (χ2n) is 6.29. The number of piperazine rings is 1. The molecule has 0 bridgehead atoms. The van der Waals surface area contributed by atoms with E-state index in [0.717, 1.165) is 6.42 Å². The van der Waals surface area contributed by atoms with Crippen molar-refractivity contribution in [1.82, 2.24) is 9.80 Å². The Morgan fingerprint density at radius 2 is 1.84 bits per heavy atom. The minimum atomic E-state index is -0.204. The van der Waals surface area contributed by atoms with Crippen molar-refractivity contribution in [2.45, 2.75) is 13.3 Å². The molecule has 1 heterocycles. The van der Waals surface area contributed by atoms with E-state index in [-0.39, 0.29) is 24.1 Å². The lowest BCUT2D eigenvalue weighted by Crippen LogP contribution is -2.52. The number of phenols is 1. The summed E-state index contributed by atoms with van der Waals surface area (Å²) in [6.45, 7) is 3.50. The van der Waals surface area contributed by atoms with Gasteiger partial charge >= 0.3 is 0 Å². The minimum Gasteiger partial charge on any atom is -0.508 e. The molecule has 5 nitrogen and oxygen atoms in total. The second kappa shape index (κ2) is 7.38. The van der Waals surface area contributed by atoms with Crippen LogP contribution in [0.5, 0.6) is 5.75 Å². The van der Waals surface area contributed by atoms with Gasteiger partial charge in [0.05, 0.1) is 0 Å². The maximum absolute atomic E-state index is 12.6. The van der Waals surface area contributed by atoms with Crippen molar-refractivity contribution in [2.75, 3.05) is 26.2 Å². The van der Waals surface area contributed by atoms with Crippen molar-refractivity contribution < 1.29 is 14.7 Å². The Bertz CT molecular complexity index is 774. The number of aromatic hydroxyl groups is 1. The minimum absolute atomic E-state index is 0.0339. The fourth-order valence-electron chi connectivity index (χ4n) is 3.05. The quantitative estimate of drug-likeness (QED) is 0.930. The number of carbonyl (C=O) groups is 2. The maximum Gasteiger partial charge on any atom is 0.254 e. The normalized spacial score (nSPS) is 14.7. The molecule has 0 spiro atoms. The fraction of sp³-hybridized carbons (Fsp3) is 0.300. The number of hydrogen-bond donors (Lipinski definition) is 1. The first-order valence-corrected chi connectivity index (χ1v) is 8.46. The first kappa shape index (κ1) is 17.0. The number of amides is 2. The highest BCUT2D eigenvalue weighted by Crippen LogP contribution is 2.21. The van der Waals surface area contributed by atoms with Crippen molar-refractivity contribution in [1.29, 1.82) is 0 Å². The summed E-state index contributed by atoms with van der Waals surface area (Å²) >= 11 is 0. The van der Waals surface area contributed by atoms with E-state index in [2.05, 4.69) is 12.1 Å². The van der Waals surface area contributed by atoms with Gasteiger partial charge in [0.1, 0.15) is 12.3 Å². The Morgan fingerprint density at radius 3 is 2.56 bits per heavy atom. The third-order valence-electron chi connectivity index (χ3n) is 4.65. The average Bonchev–Trinajstić information content (AvgIpc) is 2.63. The van der Waals surface area contributed by atoms with Crippen LogP contribution in [0.1, 0.15) is 21.5 Å². The molecule has 2 aromatic carbocycles. The van der Waals surface area contributed by atoms with Gasteiger partial charge in [-0.15, -0.1) is 0 Å². The van der Waals surface area contributed by atoms with Gasteiger partial charge in [-0.25, -0.2) is 0 Å². The van der Waals surface area contributed by atoms with Crippen LogP contribution in [-0.2, 0) is 11.2 Å². The summed E-state index contributed by atoms with van der Waals surface area (Å²) < 4.78 is 0. The third kappa shape index (κ3) is 3.82. The number of phenolic OH excluding ortho intramolecular Hbond substituents is 1. The first-order valence-electron chi connectivity index (χ1n) is 8.46. The number of nitrogens with zero attached hydrogens (tertiary/aromatic N) is 2. The molecule has 1 aliphatic rings. The molecule has 3 rings (SSSR count). The Kier molecular flexibility index (Phi) is 5.03. The van der Waals surface area contributed by atoms with Crippen molar-refractivity contribution in [3.8, 4) is 5.75 Å². The van der Waals surface area contributed by atoms with Crippen LogP contribution in [0.25, 0.3) is 0 Å².